The first kappa shape index (κ1) is 14.3. The Balaban J connectivity index is 1.91. The van der Waals surface area contributed by atoms with Crippen molar-refractivity contribution in [2.24, 2.45) is 5.73 Å². The predicted octanol–water partition coefficient (Wildman–Crippen LogP) is 1.20. The second-order valence-electron chi connectivity index (χ2n) is 4.94. The van der Waals surface area contributed by atoms with Crippen LogP contribution in [0.15, 0.2) is 30.3 Å². The lowest BCUT2D eigenvalue weighted by Gasteiger charge is -2.22. The van der Waals surface area contributed by atoms with Crippen molar-refractivity contribution in [3.05, 3.63) is 35.9 Å². The Morgan fingerprint density at radius 1 is 1.35 bits per heavy atom. The number of carbonyl (C=O) groups excluding carboxylic acids is 1. The first-order valence-corrected chi connectivity index (χ1v) is 6.51. The fourth-order valence-electron chi connectivity index (χ4n) is 2.37. The number of nitrogens with two attached hydrogens (primary N) is 1. The molecule has 0 aliphatic carbocycles. The average Bonchev–Trinajstić information content (AvgIpc) is 2.77. The van der Waals surface area contributed by atoms with Gasteiger partial charge in [0.25, 0.3) is 0 Å². The molecular weight excluding hydrogens is 260 g/mol. The zero-order valence-corrected chi connectivity index (χ0v) is 11.1. The molecule has 3 N–H and O–H groups in total. The first-order valence-electron chi connectivity index (χ1n) is 6.51. The number of likely N-dealkylation sites (tertiary alicyclic amines) is 1. The van der Waals surface area contributed by atoms with Crippen LogP contribution in [0, 0.1) is 0 Å². The van der Waals surface area contributed by atoms with E-state index in [0.717, 1.165) is 5.56 Å². The van der Waals surface area contributed by atoms with Crippen molar-refractivity contribution < 1.29 is 19.4 Å². The summed E-state index contributed by atoms with van der Waals surface area (Å²) in [5.74, 6) is -0.940. The molecule has 0 unspecified atom stereocenters. The maximum absolute atomic E-state index is 12.0. The lowest BCUT2D eigenvalue weighted by molar-refractivity contribution is -0.138. The largest absolute Gasteiger partial charge is 0.481 e. The summed E-state index contributed by atoms with van der Waals surface area (Å²) in [7, 11) is 0. The van der Waals surface area contributed by atoms with Gasteiger partial charge in [-0.05, 0) is 12.0 Å². The summed E-state index contributed by atoms with van der Waals surface area (Å²) in [5.41, 5.74) is 6.68. The molecule has 1 saturated heterocycles. The summed E-state index contributed by atoms with van der Waals surface area (Å²) in [6, 6.07) is 8.75. The standard InChI is InChI=1S/C14H18N2O4/c15-11-6-12(7-13(17)18)16(8-11)14(19)20-9-10-4-2-1-3-5-10/h1-5,11-12H,6-9,15H2,(H,17,18)/t11-,12-/m0/s1. The lowest BCUT2D eigenvalue weighted by atomic mass is 10.1. The minimum atomic E-state index is -0.940. The molecule has 2 atom stereocenters. The topological polar surface area (TPSA) is 92.9 Å². The monoisotopic (exact) mass is 278 g/mol. The highest BCUT2D eigenvalue weighted by molar-refractivity contribution is 5.72. The van der Waals surface area contributed by atoms with Crippen LogP contribution < -0.4 is 5.73 Å². The van der Waals surface area contributed by atoms with Crippen LogP contribution in [0.5, 0.6) is 0 Å². The Kier molecular flexibility index (Phi) is 4.57. The lowest BCUT2D eigenvalue weighted by Crippen LogP contribution is -2.38. The van der Waals surface area contributed by atoms with E-state index in [1.165, 1.54) is 4.90 Å². The summed E-state index contributed by atoms with van der Waals surface area (Å²) in [6.07, 6.45) is -0.117. The number of nitrogens with zero attached hydrogens (tertiary/aromatic N) is 1. The van der Waals surface area contributed by atoms with E-state index in [2.05, 4.69) is 0 Å². The Hall–Kier alpha value is -2.08. The molecule has 6 nitrogen and oxygen atoms in total. The van der Waals surface area contributed by atoms with E-state index in [9.17, 15) is 9.59 Å². The van der Waals surface area contributed by atoms with Gasteiger partial charge < -0.3 is 20.5 Å². The van der Waals surface area contributed by atoms with E-state index in [0.29, 0.717) is 13.0 Å². The summed E-state index contributed by atoms with van der Waals surface area (Å²) >= 11 is 0. The van der Waals surface area contributed by atoms with E-state index in [-0.39, 0.29) is 25.1 Å². The second kappa shape index (κ2) is 6.38. The highest BCUT2D eigenvalue weighted by Gasteiger charge is 2.35. The fraction of sp³-hybridized carbons (Fsp3) is 0.429. The Bertz CT molecular complexity index is 477. The summed E-state index contributed by atoms with van der Waals surface area (Å²) in [4.78, 5) is 24.2. The van der Waals surface area contributed by atoms with Crippen LogP contribution in [0.1, 0.15) is 18.4 Å². The molecule has 0 saturated carbocycles. The third kappa shape index (κ3) is 3.71. The molecule has 1 aromatic rings. The van der Waals surface area contributed by atoms with Gasteiger partial charge in [0.1, 0.15) is 6.61 Å². The molecule has 0 aromatic heterocycles. The van der Waals surface area contributed by atoms with Crippen molar-refractivity contribution in [2.45, 2.75) is 31.5 Å². The van der Waals surface area contributed by atoms with E-state index < -0.39 is 12.1 Å². The number of carbonyl (C=O) groups is 2. The SMILES string of the molecule is N[C@H]1C[C@@H](CC(=O)O)N(C(=O)OCc2ccccc2)C1. The van der Waals surface area contributed by atoms with E-state index >= 15 is 0 Å². The quantitative estimate of drug-likeness (QED) is 0.863. The van der Waals surface area contributed by atoms with Crippen LogP contribution >= 0.6 is 0 Å². The first-order chi connectivity index (χ1) is 9.56. The highest BCUT2D eigenvalue weighted by Crippen LogP contribution is 2.21. The molecule has 0 bridgehead atoms. The smallest absolute Gasteiger partial charge is 0.410 e. The Morgan fingerprint density at radius 2 is 2.05 bits per heavy atom. The van der Waals surface area contributed by atoms with E-state index in [1.54, 1.807) is 0 Å². The van der Waals surface area contributed by atoms with Crippen molar-refractivity contribution in [3.63, 3.8) is 0 Å². The van der Waals surface area contributed by atoms with Crippen LogP contribution in [0.4, 0.5) is 4.79 Å². The maximum atomic E-state index is 12.0. The minimum absolute atomic E-state index is 0.103. The number of amides is 1. The number of hydrogen-bond donors (Lipinski definition) is 2. The summed E-state index contributed by atoms with van der Waals surface area (Å²) in [5, 5.41) is 8.85. The minimum Gasteiger partial charge on any atom is -0.481 e. The number of ether oxygens (including phenoxy) is 1. The third-order valence-electron chi connectivity index (χ3n) is 3.30. The molecule has 0 spiro atoms. The average molecular weight is 278 g/mol. The molecule has 1 amide bonds. The fourth-order valence-corrected chi connectivity index (χ4v) is 2.37. The molecule has 1 aromatic carbocycles. The number of aliphatic carboxylic acids is 1. The number of carboxylic acid groups (broad SMARTS) is 1. The molecule has 20 heavy (non-hydrogen) atoms. The molecule has 1 aliphatic heterocycles. The van der Waals surface area contributed by atoms with Gasteiger partial charge in [0.05, 0.1) is 6.42 Å². The van der Waals surface area contributed by atoms with Gasteiger partial charge in [-0.1, -0.05) is 30.3 Å². The molecule has 2 rings (SSSR count). The van der Waals surface area contributed by atoms with Crippen molar-refractivity contribution >= 4 is 12.1 Å². The summed E-state index contributed by atoms with van der Waals surface area (Å²) < 4.78 is 5.21. The van der Waals surface area contributed by atoms with Crippen LogP contribution in [-0.4, -0.2) is 40.7 Å². The van der Waals surface area contributed by atoms with Gasteiger partial charge in [-0.25, -0.2) is 4.79 Å². The van der Waals surface area contributed by atoms with Gasteiger partial charge in [-0.2, -0.15) is 0 Å². The van der Waals surface area contributed by atoms with Crippen LogP contribution in [0.25, 0.3) is 0 Å². The molecule has 108 valence electrons. The Morgan fingerprint density at radius 3 is 2.70 bits per heavy atom. The van der Waals surface area contributed by atoms with Gasteiger partial charge in [0.15, 0.2) is 0 Å². The maximum Gasteiger partial charge on any atom is 0.410 e. The van der Waals surface area contributed by atoms with Crippen LogP contribution in [0.2, 0.25) is 0 Å². The van der Waals surface area contributed by atoms with Crippen LogP contribution in [-0.2, 0) is 16.1 Å². The molecule has 1 heterocycles. The summed E-state index contributed by atoms with van der Waals surface area (Å²) in [6.45, 7) is 0.511. The second-order valence-corrected chi connectivity index (χ2v) is 4.94. The van der Waals surface area contributed by atoms with Crippen LogP contribution in [0.3, 0.4) is 0 Å². The molecule has 1 fully saturated rings. The van der Waals surface area contributed by atoms with E-state index in [4.69, 9.17) is 15.6 Å². The molecular formula is C14H18N2O4. The molecule has 1 aliphatic rings. The van der Waals surface area contributed by atoms with Gasteiger partial charge in [-0.3, -0.25) is 4.79 Å². The van der Waals surface area contributed by atoms with E-state index in [1.807, 2.05) is 30.3 Å². The molecule has 0 radical (unpaired) electrons. The zero-order valence-electron chi connectivity index (χ0n) is 11.1. The Labute approximate surface area is 117 Å². The van der Waals surface area contributed by atoms with Crippen molar-refractivity contribution in [1.82, 2.24) is 4.90 Å². The van der Waals surface area contributed by atoms with Crippen molar-refractivity contribution in [1.29, 1.82) is 0 Å². The van der Waals surface area contributed by atoms with Gasteiger partial charge in [0, 0.05) is 18.6 Å². The van der Waals surface area contributed by atoms with Crippen molar-refractivity contribution in [3.8, 4) is 0 Å². The highest BCUT2D eigenvalue weighted by atomic mass is 16.6. The third-order valence-corrected chi connectivity index (χ3v) is 3.30. The normalized spacial score (nSPS) is 21.8. The number of carboxylic acids is 1. The van der Waals surface area contributed by atoms with Gasteiger partial charge in [-0.15, -0.1) is 0 Å². The zero-order chi connectivity index (χ0) is 14.5. The number of benzene rings is 1. The van der Waals surface area contributed by atoms with Gasteiger partial charge >= 0.3 is 12.1 Å². The predicted molar refractivity (Wildman–Crippen MR) is 72.0 cm³/mol. The molecule has 6 heteroatoms. The van der Waals surface area contributed by atoms with Crippen molar-refractivity contribution in [2.75, 3.05) is 6.54 Å². The van der Waals surface area contributed by atoms with Gasteiger partial charge in [0.2, 0.25) is 0 Å². The number of hydrogen-bond acceptors (Lipinski definition) is 4. The number of rotatable bonds is 4.